The Kier molecular flexibility index (Phi) is 8.61. The van der Waals surface area contributed by atoms with Crippen molar-refractivity contribution in [3.05, 3.63) is 35.9 Å². The Bertz CT molecular complexity index is 613. The van der Waals surface area contributed by atoms with Gasteiger partial charge in [0.05, 0.1) is 0 Å². The lowest BCUT2D eigenvalue weighted by Crippen LogP contribution is -2.46. The maximum atomic E-state index is 12.2. The topological polar surface area (TPSA) is 73.8 Å². The zero-order valence-electron chi connectivity index (χ0n) is 15.7. The first-order chi connectivity index (χ1) is 12.6. The van der Waals surface area contributed by atoms with Gasteiger partial charge < -0.3 is 15.5 Å². The van der Waals surface area contributed by atoms with E-state index in [2.05, 4.69) is 20.5 Å². The molecule has 1 heterocycles. The van der Waals surface area contributed by atoms with Crippen LogP contribution < -0.4 is 10.6 Å². The Morgan fingerprint density at radius 2 is 1.96 bits per heavy atom. The smallest absolute Gasteiger partial charge is 0.220 e. The minimum atomic E-state index is -0.888. The SMILES string of the molecule is CN=C(NCCS(=O)Cc1ccccc1)N1CCC(CC(=O)NC)CC1. The first kappa shape index (κ1) is 20.4. The van der Waals surface area contributed by atoms with E-state index in [-0.39, 0.29) is 5.91 Å². The molecule has 26 heavy (non-hydrogen) atoms. The Balaban J connectivity index is 1.69. The fourth-order valence-corrected chi connectivity index (χ4v) is 4.19. The van der Waals surface area contributed by atoms with Crippen molar-refractivity contribution >= 4 is 22.7 Å². The number of nitrogens with one attached hydrogen (secondary N) is 2. The lowest BCUT2D eigenvalue weighted by molar-refractivity contribution is -0.121. The van der Waals surface area contributed by atoms with Crippen LogP contribution in [0.5, 0.6) is 0 Å². The number of guanidine groups is 1. The molecule has 1 atom stereocenters. The van der Waals surface area contributed by atoms with Gasteiger partial charge >= 0.3 is 0 Å². The lowest BCUT2D eigenvalue weighted by Gasteiger charge is -2.34. The minimum Gasteiger partial charge on any atom is -0.359 e. The molecule has 0 bridgehead atoms. The molecular weight excluding hydrogens is 348 g/mol. The van der Waals surface area contributed by atoms with Crippen molar-refractivity contribution in [3.8, 4) is 0 Å². The minimum absolute atomic E-state index is 0.117. The number of aliphatic imine (C=N–C) groups is 1. The highest BCUT2D eigenvalue weighted by Gasteiger charge is 2.22. The first-order valence-corrected chi connectivity index (χ1v) is 10.7. The molecule has 1 aliphatic rings. The van der Waals surface area contributed by atoms with Crippen molar-refractivity contribution in [1.29, 1.82) is 0 Å². The van der Waals surface area contributed by atoms with Crippen molar-refractivity contribution in [3.63, 3.8) is 0 Å². The lowest BCUT2D eigenvalue weighted by atomic mass is 9.93. The number of likely N-dealkylation sites (tertiary alicyclic amines) is 1. The average molecular weight is 379 g/mol. The number of rotatable bonds is 7. The van der Waals surface area contributed by atoms with E-state index in [9.17, 15) is 9.00 Å². The van der Waals surface area contributed by atoms with E-state index in [1.165, 1.54) is 0 Å². The van der Waals surface area contributed by atoms with E-state index in [0.29, 0.717) is 30.4 Å². The molecule has 7 heteroatoms. The average Bonchev–Trinajstić information content (AvgIpc) is 2.67. The van der Waals surface area contributed by atoms with Crippen molar-refractivity contribution in [2.24, 2.45) is 10.9 Å². The molecule has 0 radical (unpaired) electrons. The molecule has 144 valence electrons. The molecule has 1 saturated heterocycles. The van der Waals surface area contributed by atoms with E-state index in [0.717, 1.165) is 37.5 Å². The van der Waals surface area contributed by atoms with Gasteiger partial charge in [0.25, 0.3) is 0 Å². The van der Waals surface area contributed by atoms with Gasteiger partial charge in [0.1, 0.15) is 0 Å². The highest BCUT2D eigenvalue weighted by molar-refractivity contribution is 7.84. The van der Waals surface area contributed by atoms with Crippen molar-refractivity contribution in [2.75, 3.05) is 39.5 Å². The molecule has 1 amide bonds. The second kappa shape index (κ2) is 11.0. The van der Waals surface area contributed by atoms with Crippen LogP contribution in [0.2, 0.25) is 0 Å². The van der Waals surface area contributed by atoms with Gasteiger partial charge in [0.2, 0.25) is 5.91 Å². The molecule has 2 N–H and O–H groups in total. The Morgan fingerprint density at radius 1 is 1.27 bits per heavy atom. The number of hydrogen-bond donors (Lipinski definition) is 2. The third-order valence-electron chi connectivity index (χ3n) is 4.66. The van der Waals surface area contributed by atoms with Gasteiger partial charge in [-0.3, -0.25) is 14.0 Å². The van der Waals surface area contributed by atoms with Crippen LogP contribution in [-0.2, 0) is 21.3 Å². The monoisotopic (exact) mass is 378 g/mol. The molecule has 1 aliphatic heterocycles. The molecule has 0 spiro atoms. The molecule has 0 aromatic heterocycles. The maximum absolute atomic E-state index is 12.2. The summed E-state index contributed by atoms with van der Waals surface area (Å²) in [6.07, 6.45) is 2.59. The van der Waals surface area contributed by atoms with Gasteiger partial charge in [-0.05, 0) is 24.3 Å². The molecule has 1 aromatic rings. The summed E-state index contributed by atoms with van der Waals surface area (Å²) < 4.78 is 12.2. The molecule has 1 fully saturated rings. The fraction of sp³-hybridized carbons (Fsp3) is 0.579. The summed E-state index contributed by atoms with van der Waals surface area (Å²) in [6, 6.07) is 9.93. The van der Waals surface area contributed by atoms with Gasteiger partial charge in [0, 0.05) is 62.5 Å². The Morgan fingerprint density at radius 3 is 2.58 bits per heavy atom. The van der Waals surface area contributed by atoms with Crippen LogP contribution in [0.1, 0.15) is 24.8 Å². The fourth-order valence-electron chi connectivity index (χ4n) is 3.15. The summed E-state index contributed by atoms with van der Waals surface area (Å²) in [6.45, 7) is 2.44. The number of piperidine rings is 1. The largest absolute Gasteiger partial charge is 0.359 e. The Labute approximate surface area is 158 Å². The second-order valence-corrected chi connectivity index (χ2v) is 8.13. The van der Waals surface area contributed by atoms with Gasteiger partial charge in [-0.15, -0.1) is 0 Å². The molecule has 1 aromatic carbocycles. The van der Waals surface area contributed by atoms with Crippen LogP contribution in [0.15, 0.2) is 35.3 Å². The first-order valence-electron chi connectivity index (χ1n) is 9.17. The normalized spacial score (nSPS) is 17.0. The van der Waals surface area contributed by atoms with Crippen LogP contribution in [-0.4, -0.2) is 60.5 Å². The second-order valence-electron chi connectivity index (χ2n) is 6.56. The van der Waals surface area contributed by atoms with E-state index >= 15 is 0 Å². The van der Waals surface area contributed by atoms with Gasteiger partial charge in [-0.2, -0.15) is 0 Å². The number of hydrogen-bond acceptors (Lipinski definition) is 3. The highest BCUT2D eigenvalue weighted by atomic mass is 32.2. The van der Waals surface area contributed by atoms with Crippen molar-refractivity contribution in [1.82, 2.24) is 15.5 Å². The van der Waals surface area contributed by atoms with Crippen LogP contribution >= 0.6 is 0 Å². The summed E-state index contributed by atoms with van der Waals surface area (Å²) in [7, 11) is 2.57. The van der Waals surface area contributed by atoms with Gasteiger partial charge in [-0.1, -0.05) is 30.3 Å². The van der Waals surface area contributed by atoms with E-state index in [4.69, 9.17) is 0 Å². The highest BCUT2D eigenvalue weighted by Crippen LogP contribution is 2.20. The molecule has 1 unspecified atom stereocenters. The van der Waals surface area contributed by atoms with Crippen LogP contribution in [0.25, 0.3) is 0 Å². The third-order valence-corrected chi connectivity index (χ3v) is 5.98. The van der Waals surface area contributed by atoms with Crippen LogP contribution in [0.4, 0.5) is 0 Å². The molecular formula is C19H30N4O2S. The number of carbonyl (C=O) groups is 1. The van der Waals surface area contributed by atoms with Gasteiger partial charge in [-0.25, -0.2) is 0 Å². The van der Waals surface area contributed by atoms with E-state index < -0.39 is 10.8 Å². The number of benzene rings is 1. The summed E-state index contributed by atoms with van der Waals surface area (Å²) >= 11 is 0. The predicted octanol–water partition coefficient (Wildman–Crippen LogP) is 1.36. The predicted molar refractivity (Wildman–Crippen MR) is 107 cm³/mol. The zero-order chi connectivity index (χ0) is 18.8. The summed E-state index contributed by atoms with van der Waals surface area (Å²) in [5.74, 6) is 2.61. The number of nitrogens with zero attached hydrogens (tertiary/aromatic N) is 2. The summed E-state index contributed by atoms with van der Waals surface area (Å²) in [5, 5.41) is 6.02. The van der Waals surface area contributed by atoms with Crippen molar-refractivity contribution < 1.29 is 9.00 Å². The van der Waals surface area contributed by atoms with E-state index in [1.54, 1.807) is 14.1 Å². The Hall–Kier alpha value is -1.89. The number of amides is 1. The van der Waals surface area contributed by atoms with Crippen LogP contribution in [0.3, 0.4) is 0 Å². The van der Waals surface area contributed by atoms with Crippen LogP contribution in [0, 0.1) is 5.92 Å². The number of carbonyl (C=O) groups excluding carboxylic acids is 1. The van der Waals surface area contributed by atoms with Gasteiger partial charge in [0.15, 0.2) is 5.96 Å². The third kappa shape index (κ3) is 6.78. The maximum Gasteiger partial charge on any atom is 0.220 e. The molecule has 0 aliphatic carbocycles. The molecule has 2 rings (SSSR count). The van der Waals surface area contributed by atoms with E-state index in [1.807, 2.05) is 30.3 Å². The standard InChI is InChI=1S/C19H30N4O2S/c1-20-18(24)14-16-8-11-23(12-9-16)19(21-2)22-10-13-26(25)15-17-6-4-3-5-7-17/h3-7,16H,8-15H2,1-2H3,(H,20,24)(H,21,22). The zero-order valence-corrected chi connectivity index (χ0v) is 16.6. The van der Waals surface area contributed by atoms with Crippen molar-refractivity contribution in [2.45, 2.75) is 25.0 Å². The quantitative estimate of drug-likeness (QED) is 0.555. The summed E-state index contributed by atoms with van der Waals surface area (Å²) in [5.41, 5.74) is 1.11. The molecule has 0 saturated carbocycles. The molecule has 6 nitrogen and oxygen atoms in total. The summed E-state index contributed by atoms with van der Waals surface area (Å²) in [4.78, 5) is 18.1.